The molecule has 3 rings (SSSR count). The first-order valence-corrected chi connectivity index (χ1v) is 16.4. The van der Waals surface area contributed by atoms with Crippen molar-refractivity contribution in [2.75, 3.05) is 38.7 Å². The summed E-state index contributed by atoms with van der Waals surface area (Å²) < 4.78 is 45.6. The molecule has 0 unspecified atom stereocenters. The molecule has 0 bridgehead atoms. The van der Waals surface area contributed by atoms with Crippen LogP contribution in [0.1, 0.15) is 26.3 Å². The Morgan fingerprint density at radius 1 is 0.822 bits per heavy atom. The minimum atomic E-state index is -4.48. The molecular weight excluding hydrogens is 665 g/mol. The summed E-state index contributed by atoms with van der Waals surface area (Å²) in [7, 11) is -0.309. The molecule has 45 heavy (non-hydrogen) atoms. The Bertz CT molecular complexity index is 1640. The van der Waals surface area contributed by atoms with Crippen LogP contribution in [0, 0.1) is 5.92 Å². The first kappa shape index (κ1) is 36.1. The van der Waals surface area contributed by atoms with Crippen molar-refractivity contribution in [2.24, 2.45) is 5.92 Å². The fourth-order valence-electron chi connectivity index (χ4n) is 4.34. The molecule has 0 aliphatic heterocycles. The molecule has 1 N–H and O–H groups in total. The standard InChI is InChI=1S/C31H36Cl3N3O7S/c1-19(2)16-35-31(39)20(3)36(17-21-7-8-22(32)13-25(21)34)30(38)18-37(26-14-23(33)9-11-27(26)42-4)45(40,41)24-10-12-28(43-5)29(15-24)44-6/h7-15,19-20H,16-18H2,1-6H3,(H,35,39)/t20-/m0/s1. The van der Waals surface area contributed by atoms with E-state index >= 15 is 0 Å². The van der Waals surface area contributed by atoms with Crippen LogP contribution in [0.15, 0.2) is 59.5 Å². The molecule has 0 aromatic heterocycles. The zero-order chi connectivity index (χ0) is 33.5. The average Bonchev–Trinajstić information content (AvgIpc) is 3.01. The lowest BCUT2D eigenvalue weighted by Crippen LogP contribution is -2.51. The molecule has 0 aliphatic carbocycles. The van der Waals surface area contributed by atoms with Crippen molar-refractivity contribution < 1.29 is 32.2 Å². The molecule has 244 valence electrons. The average molecular weight is 701 g/mol. The van der Waals surface area contributed by atoms with Gasteiger partial charge in [-0.25, -0.2) is 8.42 Å². The van der Waals surface area contributed by atoms with Crippen LogP contribution in [0.2, 0.25) is 15.1 Å². The van der Waals surface area contributed by atoms with E-state index in [9.17, 15) is 18.0 Å². The summed E-state index contributed by atoms with van der Waals surface area (Å²) in [5.74, 6) is -0.334. The molecule has 0 fully saturated rings. The minimum Gasteiger partial charge on any atom is -0.495 e. The molecule has 0 radical (unpaired) electrons. The molecule has 0 aliphatic rings. The molecule has 0 spiro atoms. The zero-order valence-corrected chi connectivity index (χ0v) is 28.9. The van der Waals surface area contributed by atoms with Gasteiger partial charge in [-0.05, 0) is 60.9 Å². The van der Waals surface area contributed by atoms with E-state index in [4.69, 9.17) is 49.0 Å². The van der Waals surface area contributed by atoms with Gasteiger partial charge in [0.1, 0.15) is 18.3 Å². The number of anilines is 1. The first-order valence-electron chi connectivity index (χ1n) is 13.8. The number of nitrogens with one attached hydrogen (secondary N) is 1. The van der Waals surface area contributed by atoms with Crippen molar-refractivity contribution in [1.29, 1.82) is 0 Å². The molecule has 3 aromatic carbocycles. The van der Waals surface area contributed by atoms with Crippen molar-refractivity contribution in [3.8, 4) is 17.2 Å². The van der Waals surface area contributed by atoms with Crippen LogP contribution in [-0.2, 0) is 26.2 Å². The molecule has 1 atom stereocenters. The summed E-state index contributed by atoms with van der Waals surface area (Å²) in [4.78, 5) is 28.5. The van der Waals surface area contributed by atoms with Gasteiger partial charge in [-0.1, -0.05) is 54.7 Å². The fourth-order valence-corrected chi connectivity index (χ4v) is 6.41. The monoisotopic (exact) mass is 699 g/mol. The summed E-state index contributed by atoms with van der Waals surface area (Å²) in [6, 6.07) is 12.2. The van der Waals surface area contributed by atoms with Gasteiger partial charge in [0, 0.05) is 34.2 Å². The van der Waals surface area contributed by atoms with E-state index in [2.05, 4.69) is 5.32 Å². The lowest BCUT2D eigenvalue weighted by molar-refractivity contribution is -0.139. The molecule has 10 nitrogen and oxygen atoms in total. The smallest absolute Gasteiger partial charge is 0.265 e. The van der Waals surface area contributed by atoms with Crippen LogP contribution < -0.4 is 23.8 Å². The van der Waals surface area contributed by atoms with E-state index in [-0.39, 0.29) is 44.6 Å². The van der Waals surface area contributed by atoms with E-state index in [0.717, 1.165) is 4.31 Å². The number of sulfonamides is 1. The highest BCUT2D eigenvalue weighted by molar-refractivity contribution is 7.92. The van der Waals surface area contributed by atoms with Crippen molar-refractivity contribution in [3.05, 3.63) is 75.2 Å². The predicted molar refractivity (Wildman–Crippen MR) is 176 cm³/mol. The van der Waals surface area contributed by atoms with E-state index in [1.165, 1.54) is 68.7 Å². The van der Waals surface area contributed by atoms with Crippen LogP contribution in [0.5, 0.6) is 17.2 Å². The summed E-state index contributed by atoms with van der Waals surface area (Å²) in [6.07, 6.45) is 0. The van der Waals surface area contributed by atoms with Gasteiger partial charge < -0.3 is 24.4 Å². The van der Waals surface area contributed by atoms with Crippen LogP contribution in [0.25, 0.3) is 0 Å². The number of halogens is 3. The first-order chi connectivity index (χ1) is 21.2. The third-order valence-electron chi connectivity index (χ3n) is 6.84. The maximum atomic E-state index is 14.3. The summed E-state index contributed by atoms with van der Waals surface area (Å²) in [5.41, 5.74) is 0.516. The van der Waals surface area contributed by atoms with E-state index in [1.807, 2.05) is 13.8 Å². The maximum absolute atomic E-state index is 14.3. The number of carbonyl (C=O) groups excluding carboxylic acids is 2. The summed E-state index contributed by atoms with van der Waals surface area (Å²) in [5, 5.41) is 3.71. The van der Waals surface area contributed by atoms with Gasteiger partial charge >= 0.3 is 0 Å². The number of benzene rings is 3. The molecule has 0 saturated heterocycles. The SMILES string of the molecule is COc1ccc(S(=O)(=O)N(CC(=O)N(Cc2ccc(Cl)cc2Cl)[C@@H](C)C(=O)NCC(C)C)c2cc(Cl)ccc2OC)cc1OC. The van der Waals surface area contributed by atoms with Gasteiger partial charge in [0.25, 0.3) is 10.0 Å². The summed E-state index contributed by atoms with van der Waals surface area (Å²) >= 11 is 18.8. The Labute approximate surface area is 279 Å². The minimum absolute atomic E-state index is 0.00882. The normalized spacial score (nSPS) is 12.0. The van der Waals surface area contributed by atoms with E-state index in [1.54, 1.807) is 19.1 Å². The molecule has 2 amide bonds. The van der Waals surface area contributed by atoms with Crippen molar-refractivity contribution >= 4 is 62.3 Å². The van der Waals surface area contributed by atoms with Gasteiger partial charge in [-0.2, -0.15) is 0 Å². The Hall–Kier alpha value is -3.38. The number of methoxy groups -OCH3 is 3. The van der Waals surface area contributed by atoms with Gasteiger partial charge in [-0.15, -0.1) is 0 Å². The van der Waals surface area contributed by atoms with E-state index in [0.29, 0.717) is 22.9 Å². The van der Waals surface area contributed by atoms with Crippen molar-refractivity contribution in [1.82, 2.24) is 10.2 Å². The molecule has 3 aromatic rings. The quantitative estimate of drug-likeness (QED) is 0.218. The lowest BCUT2D eigenvalue weighted by Gasteiger charge is -2.32. The second kappa shape index (κ2) is 15.8. The zero-order valence-electron chi connectivity index (χ0n) is 25.8. The number of hydrogen-bond donors (Lipinski definition) is 1. The topological polar surface area (TPSA) is 114 Å². The van der Waals surface area contributed by atoms with Gasteiger partial charge in [0.15, 0.2) is 11.5 Å². The maximum Gasteiger partial charge on any atom is 0.265 e. The lowest BCUT2D eigenvalue weighted by atomic mass is 10.1. The second-order valence-electron chi connectivity index (χ2n) is 10.4. The fraction of sp³-hybridized carbons (Fsp3) is 0.355. The highest BCUT2D eigenvalue weighted by Crippen LogP contribution is 2.37. The van der Waals surface area contributed by atoms with Crippen molar-refractivity contribution in [3.63, 3.8) is 0 Å². The predicted octanol–water partition coefficient (Wildman–Crippen LogP) is 6.06. The third kappa shape index (κ3) is 8.88. The van der Waals surface area contributed by atoms with Crippen LogP contribution in [-0.4, -0.2) is 65.6 Å². The number of nitrogens with zero attached hydrogens (tertiary/aromatic N) is 2. The van der Waals surface area contributed by atoms with Gasteiger partial charge in [-0.3, -0.25) is 13.9 Å². The Morgan fingerprint density at radius 2 is 1.42 bits per heavy atom. The highest BCUT2D eigenvalue weighted by Gasteiger charge is 2.34. The number of hydrogen-bond acceptors (Lipinski definition) is 7. The Balaban J connectivity index is 2.15. The number of carbonyl (C=O) groups is 2. The van der Waals surface area contributed by atoms with Crippen molar-refractivity contribution in [2.45, 2.75) is 38.3 Å². The van der Waals surface area contributed by atoms with Gasteiger partial charge in [0.2, 0.25) is 11.8 Å². The van der Waals surface area contributed by atoms with Crippen LogP contribution >= 0.6 is 34.8 Å². The molecule has 14 heteroatoms. The number of ether oxygens (including phenoxy) is 3. The number of amides is 2. The largest absolute Gasteiger partial charge is 0.495 e. The number of rotatable bonds is 14. The van der Waals surface area contributed by atoms with E-state index < -0.39 is 34.4 Å². The Kier molecular flexibility index (Phi) is 12.6. The molecular formula is C31H36Cl3N3O7S. The van der Waals surface area contributed by atoms with Crippen LogP contribution in [0.4, 0.5) is 5.69 Å². The third-order valence-corrected chi connectivity index (χ3v) is 9.42. The molecule has 0 heterocycles. The van der Waals surface area contributed by atoms with Gasteiger partial charge in [0.05, 0.1) is 31.9 Å². The molecule has 0 saturated carbocycles. The Morgan fingerprint density at radius 3 is 2.02 bits per heavy atom. The second-order valence-corrected chi connectivity index (χ2v) is 13.6. The summed E-state index contributed by atoms with van der Waals surface area (Å²) in [6.45, 7) is 4.99. The highest BCUT2D eigenvalue weighted by atomic mass is 35.5. The van der Waals surface area contributed by atoms with Crippen LogP contribution in [0.3, 0.4) is 0 Å².